The number of piperidine rings is 1. The van der Waals surface area contributed by atoms with E-state index in [9.17, 15) is 4.79 Å². The van der Waals surface area contributed by atoms with Gasteiger partial charge in [0.2, 0.25) is 0 Å². The van der Waals surface area contributed by atoms with Gasteiger partial charge in [-0.2, -0.15) is 0 Å². The molecule has 5 rings (SSSR count). The monoisotopic (exact) mass is 464 g/mol. The van der Waals surface area contributed by atoms with Crippen molar-refractivity contribution in [1.82, 2.24) is 14.9 Å². The number of benzene rings is 1. The van der Waals surface area contributed by atoms with Crippen LogP contribution in [-0.2, 0) is 10.2 Å². The van der Waals surface area contributed by atoms with Crippen molar-refractivity contribution in [2.24, 2.45) is 0 Å². The quantitative estimate of drug-likeness (QED) is 0.564. The zero-order chi connectivity index (χ0) is 22.8. The Kier molecular flexibility index (Phi) is 6.34. The number of nitrogens with one attached hydrogen (secondary N) is 1. The van der Waals surface area contributed by atoms with Gasteiger partial charge in [0, 0.05) is 37.8 Å². The highest BCUT2D eigenvalue weighted by atomic mass is 32.1. The molecule has 1 amide bonds. The molecule has 7 heteroatoms. The summed E-state index contributed by atoms with van der Waals surface area (Å²) in [6.07, 6.45) is 6.90. The molecule has 6 nitrogen and oxygen atoms in total. The van der Waals surface area contributed by atoms with Gasteiger partial charge in [-0.1, -0.05) is 30.3 Å². The summed E-state index contributed by atoms with van der Waals surface area (Å²) in [4.78, 5) is 26.2. The van der Waals surface area contributed by atoms with E-state index in [2.05, 4.69) is 52.5 Å². The lowest BCUT2D eigenvalue weighted by Gasteiger charge is -2.38. The van der Waals surface area contributed by atoms with E-state index in [1.807, 2.05) is 11.8 Å². The van der Waals surface area contributed by atoms with Gasteiger partial charge >= 0.3 is 0 Å². The molecule has 0 spiro atoms. The van der Waals surface area contributed by atoms with E-state index in [1.165, 1.54) is 23.3 Å². The zero-order valence-electron chi connectivity index (χ0n) is 19.5. The lowest BCUT2D eigenvalue weighted by molar-refractivity contribution is 0.0543. The Morgan fingerprint density at radius 2 is 2.00 bits per heavy atom. The molecule has 1 unspecified atom stereocenters. The van der Waals surface area contributed by atoms with Crippen LogP contribution in [0, 0.1) is 6.92 Å². The Morgan fingerprint density at radius 1 is 1.21 bits per heavy atom. The van der Waals surface area contributed by atoms with E-state index in [1.54, 1.807) is 6.33 Å². The van der Waals surface area contributed by atoms with Crippen LogP contribution in [0.15, 0.2) is 36.7 Å². The lowest BCUT2D eigenvalue weighted by Crippen LogP contribution is -2.41. The summed E-state index contributed by atoms with van der Waals surface area (Å²) in [5.74, 6) is 0.958. The molecule has 1 N–H and O–H groups in total. The third kappa shape index (κ3) is 4.24. The summed E-state index contributed by atoms with van der Waals surface area (Å²) in [6, 6.07) is 11.0. The molecule has 2 fully saturated rings. The molecular weight excluding hydrogens is 432 g/mol. The van der Waals surface area contributed by atoms with Gasteiger partial charge in [0.1, 0.15) is 17.0 Å². The van der Waals surface area contributed by atoms with Crippen LogP contribution < -0.4 is 5.32 Å². The minimum absolute atomic E-state index is 0.00257. The Balaban J connectivity index is 1.45. The van der Waals surface area contributed by atoms with Crippen LogP contribution in [0.4, 0.5) is 5.82 Å². The Labute approximate surface area is 199 Å². The number of carbonyl (C=O) groups is 1. The molecule has 1 atom stereocenters. The maximum atomic E-state index is 13.4. The van der Waals surface area contributed by atoms with Crippen molar-refractivity contribution in [2.75, 3.05) is 31.6 Å². The summed E-state index contributed by atoms with van der Waals surface area (Å²) < 4.78 is 5.69. The summed E-state index contributed by atoms with van der Waals surface area (Å²) in [6.45, 7) is 7.33. The van der Waals surface area contributed by atoms with Crippen molar-refractivity contribution in [3.63, 3.8) is 0 Å². The number of rotatable bonds is 5. The first-order valence-corrected chi connectivity index (χ1v) is 12.8. The van der Waals surface area contributed by atoms with E-state index < -0.39 is 0 Å². The molecule has 2 saturated heterocycles. The molecule has 174 valence electrons. The van der Waals surface area contributed by atoms with Crippen molar-refractivity contribution >= 4 is 33.3 Å². The number of likely N-dealkylation sites (tertiary alicyclic amines) is 1. The van der Waals surface area contributed by atoms with Gasteiger partial charge in [-0.05, 0) is 57.1 Å². The number of hydrogen-bond donors (Lipinski definition) is 1. The minimum Gasteiger partial charge on any atom is -0.381 e. The Bertz CT molecular complexity index is 1120. The van der Waals surface area contributed by atoms with Gasteiger partial charge in [-0.25, -0.2) is 9.97 Å². The Hall–Kier alpha value is -2.51. The largest absolute Gasteiger partial charge is 0.381 e. The van der Waals surface area contributed by atoms with Gasteiger partial charge in [-0.3, -0.25) is 4.79 Å². The summed E-state index contributed by atoms with van der Waals surface area (Å²) in [7, 11) is 0. The van der Waals surface area contributed by atoms with Crippen LogP contribution in [0.1, 0.15) is 59.8 Å². The first-order valence-electron chi connectivity index (χ1n) is 12.0. The number of nitrogens with zero attached hydrogens (tertiary/aromatic N) is 3. The van der Waals surface area contributed by atoms with E-state index in [-0.39, 0.29) is 11.3 Å². The fraction of sp³-hybridized carbons (Fsp3) is 0.500. The van der Waals surface area contributed by atoms with E-state index in [0.717, 1.165) is 78.5 Å². The topological polar surface area (TPSA) is 67.4 Å². The van der Waals surface area contributed by atoms with Gasteiger partial charge in [0.05, 0.1) is 10.3 Å². The number of carbonyl (C=O) groups excluding carboxylic acids is 1. The van der Waals surface area contributed by atoms with Crippen molar-refractivity contribution in [3.05, 3.63) is 52.7 Å². The van der Waals surface area contributed by atoms with Gasteiger partial charge in [-0.15, -0.1) is 11.3 Å². The highest BCUT2D eigenvalue weighted by Crippen LogP contribution is 2.38. The molecule has 1 aromatic carbocycles. The fourth-order valence-electron chi connectivity index (χ4n) is 5.31. The number of thiophene rings is 1. The van der Waals surface area contributed by atoms with E-state index in [4.69, 9.17) is 4.74 Å². The molecule has 0 bridgehead atoms. The maximum Gasteiger partial charge on any atom is 0.264 e. The third-order valence-corrected chi connectivity index (χ3v) is 8.60. The van der Waals surface area contributed by atoms with Gasteiger partial charge < -0.3 is 15.0 Å². The van der Waals surface area contributed by atoms with Crippen LogP contribution in [-0.4, -0.2) is 53.1 Å². The number of aromatic nitrogens is 2. The highest BCUT2D eigenvalue weighted by molar-refractivity contribution is 7.20. The molecule has 2 aromatic heterocycles. The number of fused-ring (bicyclic) bond motifs is 1. The SMILES string of the molecule is Cc1c(C(=O)N2CCCCC2C)sc2ncnc(NCC3(c4ccccc4)CCOCC3)c12. The van der Waals surface area contributed by atoms with Crippen molar-refractivity contribution in [2.45, 2.75) is 57.4 Å². The molecule has 2 aliphatic rings. The van der Waals surface area contributed by atoms with Gasteiger partial charge in [0.15, 0.2) is 0 Å². The maximum absolute atomic E-state index is 13.4. The van der Waals surface area contributed by atoms with Crippen molar-refractivity contribution < 1.29 is 9.53 Å². The van der Waals surface area contributed by atoms with Crippen LogP contribution in [0.3, 0.4) is 0 Å². The second-order valence-electron chi connectivity index (χ2n) is 9.41. The third-order valence-electron chi connectivity index (χ3n) is 7.42. The lowest BCUT2D eigenvalue weighted by atomic mass is 9.74. The number of ether oxygens (including phenoxy) is 1. The summed E-state index contributed by atoms with van der Waals surface area (Å²) in [5, 5.41) is 4.63. The number of aryl methyl sites for hydroxylation is 1. The summed E-state index contributed by atoms with van der Waals surface area (Å²) in [5.41, 5.74) is 2.33. The number of hydrogen-bond acceptors (Lipinski definition) is 6. The van der Waals surface area contributed by atoms with Gasteiger partial charge in [0.25, 0.3) is 5.91 Å². The molecular formula is C26H32N4O2S. The molecule has 3 aromatic rings. The summed E-state index contributed by atoms with van der Waals surface area (Å²) >= 11 is 1.50. The number of anilines is 1. The second kappa shape index (κ2) is 9.39. The molecule has 4 heterocycles. The normalized spacial score (nSPS) is 20.7. The average molecular weight is 465 g/mol. The molecule has 0 saturated carbocycles. The van der Waals surface area contributed by atoms with Crippen LogP contribution in [0.5, 0.6) is 0 Å². The molecule has 0 radical (unpaired) electrons. The first kappa shape index (κ1) is 22.3. The molecule has 2 aliphatic heterocycles. The fourth-order valence-corrected chi connectivity index (χ4v) is 6.42. The van der Waals surface area contributed by atoms with Crippen LogP contribution >= 0.6 is 11.3 Å². The van der Waals surface area contributed by atoms with Crippen LogP contribution in [0.2, 0.25) is 0 Å². The zero-order valence-corrected chi connectivity index (χ0v) is 20.3. The van der Waals surface area contributed by atoms with E-state index in [0.29, 0.717) is 6.04 Å². The van der Waals surface area contributed by atoms with Crippen LogP contribution in [0.25, 0.3) is 10.2 Å². The van der Waals surface area contributed by atoms with Crippen molar-refractivity contribution in [3.8, 4) is 0 Å². The molecule has 0 aliphatic carbocycles. The van der Waals surface area contributed by atoms with E-state index >= 15 is 0 Å². The number of amides is 1. The predicted molar refractivity (Wildman–Crippen MR) is 133 cm³/mol. The predicted octanol–water partition coefficient (Wildman–Crippen LogP) is 5.17. The molecule has 33 heavy (non-hydrogen) atoms. The second-order valence-corrected chi connectivity index (χ2v) is 10.4. The smallest absolute Gasteiger partial charge is 0.264 e. The highest BCUT2D eigenvalue weighted by Gasteiger charge is 2.35. The first-order chi connectivity index (χ1) is 16.1. The average Bonchev–Trinajstić information content (AvgIpc) is 3.21. The van der Waals surface area contributed by atoms with Crippen molar-refractivity contribution in [1.29, 1.82) is 0 Å². The standard InChI is InChI=1S/C26H32N4O2S/c1-18-8-6-7-13-30(18)25(31)22-19(2)21-23(28-17-29-24(21)33-22)27-16-26(11-14-32-15-12-26)20-9-4-3-5-10-20/h3-5,9-10,17-18H,6-8,11-16H2,1-2H3,(H,27,28,29). The minimum atomic E-state index is 0.00257. The Morgan fingerprint density at radius 3 is 2.76 bits per heavy atom.